The van der Waals surface area contributed by atoms with Crippen molar-refractivity contribution in [2.24, 2.45) is 0 Å². The number of hydrogen-bond acceptors (Lipinski definition) is 5. The lowest BCUT2D eigenvalue weighted by atomic mass is 10.1. The first-order chi connectivity index (χ1) is 14.6. The first-order valence-corrected chi connectivity index (χ1v) is 11.2. The number of amides is 1. The first kappa shape index (κ1) is 20.8. The lowest BCUT2D eigenvalue weighted by Gasteiger charge is -2.26. The summed E-state index contributed by atoms with van der Waals surface area (Å²) in [4.78, 5) is 21.3. The molecule has 0 saturated carbocycles. The summed E-state index contributed by atoms with van der Waals surface area (Å²) < 4.78 is 12.3. The molecule has 2 aromatic carbocycles. The number of fused-ring (bicyclic) bond motifs is 1. The van der Waals surface area contributed by atoms with Crippen LogP contribution in [0.2, 0.25) is 0 Å². The molecule has 158 valence electrons. The van der Waals surface area contributed by atoms with Crippen LogP contribution in [0.3, 0.4) is 0 Å². The summed E-state index contributed by atoms with van der Waals surface area (Å²) in [6, 6.07) is 13.7. The fraction of sp³-hybridized carbons (Fsp3) is 0.391. The number of thiazole rings is 1. The molecular weight excluding hydrogens is 398 g/mol. The van der Waals surface area contributed by atoms with Gasteiger partial charge in [0.1, 0.15) is 18.8 Å². The smallest absolute Gasteiger partial charge is 0.266 e. The van der Waals surface area contributed by atoms with Crippen LogP contribution in [-0.4, -0.2) is 56.9 Å². The Morgan fingerprint density at radius 1 is 1.17 bits per heavy atom. The lowest BCUT2D eigenvalue weighted by Crippen LogP contribution is -3.14. The number of benzene rings is 2. The summed E-state index contributed by atoms with van der Waals surface area (Å²) in [5, 5.41) is 0.744. The molecule has 0 atom stereocenters. The lowest BCUT2D eigenvalue weighted by molar-refractivity contribution is -0.906. The molecule has 0 unspecified atom stereocenters. The number of quaternary nitrogens is 1. The van der Waals surface area contributed by atoms with E-state index >= 15 is 0 Å². The van der Waals surface area contributed by atoms with E-state index in [1.54, 1.807) is 16.2 Å². The van der Waals surface area contributed by atoms with E-state index in [0.717, 1.165) is 48.2 Å². The number of nitrogens with zero attached hydrogens (tertiary/aromatic N) is 2. The Hall–Kier alpha value is -2.48. The van der Waals surface area contributed by atoms with Crippen molar-refractivity contribution < 1.29 is 19.2 Å². The van der Waals surface area contributed by atoms with Crippen molar-refractivity contribution in [3.05, 3.63) is 53.6 Å². The fourth-order valence-electron chi connectivity index (χ4n) is 3.58. The molecule has 0 bridgehead atoms. The number of ether oxygens (including phenoxy) is 2. The van der Waals surface area contributed by atoms with E-state index < -0.39 is 0 Å². The summed E-state index contributed by atoms with van der Waals surface area (Å²) in [6.07, 6.45) is 0. The minimum atomic E-state index is -0.0695. The molecule has 0 aliphatic carbocycles. The maximum Gasteiger partial charge on any atom is 0.266 e. The molecular formula is C23H28N3O3S+. The maximum absolute atomic E-state index is 13.2. The number of carbonyl (C=O) groups is 1. The molecule has 2 heterocycles. The van der Waals surface area contributed by atoms with Gasteiger partial charge in [0.25, 0.3) is 5.91 Å². The molecule has 4 rings (SSSR count). The Bertz CT molecular complexity index is 1000. The van der Waals surface area contributed by atoms with Gasteiger partial charge in [-0.2, -0.15) is 0 Å². The summed E-state index contributed by atoms with van der Waals surface area (Å²) in [6.45, 7) is 9.16. The highest BCUT2D eigenvalue weighted by molar-refractivity contribution is 7.22. The monoisotopic (exact) mass is 426 g/mol. The Balaban J connectivity index is 1.54. The van der Waals surface area contributed by atoms with E-state index in [9.17, 15) is 4.79 Å². The minimum Gasteiger partial charge on any atom is -0.484 e. The number of para-hydroxylation sites is 1. The summed E-state index contributed by atoms with van der Waals surface area (Å²) in [5.74, 6) is 0.625. The summed E-state index contributed by atoms with van der Waals surface area (Å²) >= 11 is 1.57. The van der Waals surface area contributed by atoms with Crippen LogP contribution in [0.1, 0.15) is 11.1 Å². The SMILES string of the molecule is Cc1ccc2sc(N(CC[NH+]3CCOCC3)C(=O)COc3ccccc3)nc2c1C. The second-order valence-electron chi connectivity index (χ2n) is 7.61. The van der Waals surface area contributed by atoms with Gasteiger partial charge in [-0.3, -0.25) is 9.69 Å². The maximum atomic E-state index is 13.2. The largest absolute Gasteiger partial charge is 0.484 e. The third-order valence-electron chi connectivity index (χ3n) is 5.60. The van der Waals surface area contributed by atoms with Crippen LogP contribution in [0.25, 0.3) is 10.2 Å². The molecule has 0 radical (unpaired) electrons. The molecule has 1 aliphatic heterocycles. The van der Waals surface area contributed by atoms with Crippen LogP contribution in [-0.2, 0) is 9.53 Å². The van der Waals surface area contributed by atoms with Gasteiger partial charge in [-0.15, -0.1) is 0 Å². The van der Waals surface area contributed by atoms with Crippen molar-refractivity contribution in [3.63, 3.8) is 0 Å². The van der Waals surface area contributed by atoms with Crippen molar-refractivity contribution in [3.8, 4) is 5.75 Å². The zero-order chi connectivity index (χ0) is 20.9. The zero-order valence-electron chi connectivity index (χ0n) is 17.5. The Kier molecular flexibility index (Phi) is 6.62. The van der Waals surface area contributed by atoms with Crippen molar-refractivity contribution in [1.82, 2.24) is 4.98 Å². The predicted molar refractivity (Wildman–Crippen MR) is 120 cm³/mol. The van der Waals surface area contributed by atoms with Crippen molar-refractivity contribution in [2.45, 2.75) is 13.8 Å². The summed E-state index contributed by atoms with van der Waals surface area (Å²) in [7, 11) is 0. The van der Waals surface area contributed by atoms with Gasteiger partial charge < -0.3 is 14.4 Å². The van der Waals surface area contributed by atoms with Gasteiger partial charge in [0.05, 0.1) is 36.5 Å². The number of morpholine rings is 1. The molecule has 1 fully saturated rings. The van der Waals surface area contributed by atoms with E-state index in [0.29, 0.717) is 12.3 Å². The predicted octanol–water partition coefficient (Wildman–Crippen LogP) is 2.24. The van der Waals surface area contributed by atoms with E-state index in [2.05, 4.69) is 26.0 Å². The van der Waals surface area contributed by atoms with Crippen LogP contribution >= 0.6 is 11.3 Å². The Labute approximate surface area is 181 Å². The minimum absolute atomic E-state index is 0.00358. The molecule has 6 nitrogen and oxygen atoms in total. The highest BCUT2D eigenvalue weighted by Gasteiger charge is 2.24. The van der Waals surface area contributed by atoms with Crippen molar-refractivity contribution in [1.29, 1.82) is 0 Å². The van der Waals surface area contributed by atoms with Gasteiger partial charge in [0.2, 0.25) is 0 Å². The number of rotatable bonds is 7. The van der Waals surface area contributed by atoms with Gasteiger partial charge in [-0.05, 0) is 43.2 Å². The molecule has 3 aromatic rings. The number of carbonyl (C=O) groups excluding carboxylic acids is 1. The molecule has 1 aromatic heterocycles. The molecule has 1 N–H and O–H groups in total. The van der Waals surface area contributed by atoms with Gasteiger partial charge in [-0.25, -0.2) is 4.98 Å². The van der Waals surface area contributed by atoms with E-state index in [1.165, 1.54) is 16.0 Å². The highest BCUT2D eigenvalue weighted by Crippen LogP contribution is 2.32. The summed E-state index contributed by atoms with van der Waals surface area (Å²) in [5.41, 5.74) is 3.36. The van der Waals surface area contributed by atoms with Crippen LogP contribution in [0.15, 0.2) is 42.5 Å². The van der Waals surface area contributed by atoms with Crippen molar-refractivity contribution >= 4 is 32.6 Å². The Morgan fingerprint density at radius 3 is 2.70 bits per heavy atom. The topological polar surface area (TPSA) is 56.1 Å². The number of hydrogen-bond donors (Lipinski definition) is 1. The number of aromatic nitrogens is 1. The van der Waals surface area contributed by atoms with Gasteiger partial charge in [-0.1, -0.05) is 35.6 Å². The Morgan fingerprint density at radius 2 is 1.93 bits per heavy atom. The van der Waals surface area contributed by atoms with Crippen LogP contribution in [0.4, 0.5) is 5.13 Å². The third kappa shape index (κ3) is 4.80. The first-order valence-electron chi connectivity index (χ1n) is 10.4. The number of nitrogens with one attached hydrogen (secondary N) is 1. The molecule has 1 aliphatic rings. The number of anilines is 1. The molecule has 7 heteroatoms. The highest BCUT2D eigenvalue weighted by atomic mass is 32.1. The normalized spacial score (nSPS) is 14.7. The molecule has 30 heavy (non-hydrogen) atoms. The number of aryl methyl sites for hydroxylation is 2. The zero-order valence-corrected chi connectivity index (χ0v) is 18.3. The van der Waals surface area contributed by atoms with E-state index in [1.807, 2.05) is 30.3 Å². The second-order valence-corrected chi connectivity index (χ2v) is 8.62. The van der Waals surface area contributed by atoms with Gasteiger partial charge >= 0.3 is 0 Å². The second kappa shape index (κ2) is 9.55. The van der Waals surface area contributed by atoms with Gasteiger partial charge in [0, 0.05) is 0 Å². The molecule has 1 amide bonds. The average molecular weight is 427 g/mol. The standard InChI is InChI=1S/C23H27N3O3S/c1-17-8-9-20-22(18(17)2)24-23(30-20)26(11-10-25-12-14-28-15-13-25)21(27)16-29-19-6-4-3-5-7-19/h3-9H,10-16H2,1-2H3/p+1. The van der Waals surface area contributed by atoms with E-state index in [-0.39, 0.29) is 12.5 Å². The van der Waals surface area contributed by atoms with Gasteiger partial charge in [0.15, 0.2) is 11.7 Å². The molecule has 0 spiro atoms. The fourth-order valence-corrected chi connectivity index (χ4v) is 4.64. The average Bonchev–Trinajstić information content (AvgIpc) is 3.21. The van der Waals surface area contributed by atoms with Crippen molar-refractivity contribution in [2.75, 3.05) is 50.9 Å². The van der Waals surface area contributed by atoms with E-state index in [4.69, 9.17) is 14.5 Å². The third-order valence-corrected chi connectivity index (χ3v) is 6.64. The van der Waals surface area contributed by atoms with Crippen LogP contribution in [0, 0.1) is 13.8 Å². The molecule has 1 saturated heterocycles. The van der Waals surface area contributed by atoms with Crippen LogP contribution in [0.5, 0.6) is 5.75 Å². The van der Waals surface area contributed by atoms with Crippen LogP contribution < -0.4 is 14.5 Å². The quantitative estimate of drug-likeness (QED) is 0.630.